The number of epoxide rings is 1. The highest BCUT2D eigenvalue weighted by Crippen LogP contribution is 2.70. The van der Waals surface area contributed by atoms with Gasteiger partial charge in [0.15, 0.2) is 0 Å². The molecule has 166 valence electrons. The van der Waals surface area contributed by atoms with Crippen molar-refractivity contribution in [2.45, 2.75) is 91.5 Å². The molecule has 7 unspecified atom stereocenters. The first-order valence-electron chi connectivity index (χ1n) is 11.4. The highest BCUT2D eigenvalue weighted by atomic mass is 16.6. The lowest BCUT2D eigenvalue weighted by atomic mass is 9.43. The fraction of sp³-hybridized carbons (Fsp3) is 0.760. The van der Waals surface area contributed by atoms with Crippen molar-refractivity contribution in [3.05, 3.63) is 23.3 Å². The zero-order chi connectivity index (χ0) is 21.9. The number of fused-ring (bicyclic) bond motifs is 3. The van der Waals surface area contributed by atoms with Crippen LogP contribution >= 0.6 is 0 Å². The maximum Gasteiger partial charge on any atom is 0.333 e. The number of hydrogen-bond acceptors (Lipinski definition) is 5. The summed E-state index contributed by atoms with van der Waals surface area (Å²) in [5, 5.41) is 0. The summed E-state index contributed by atoms with van der Waals surface area (Å²) in [6.07, 6.45) is 8.46. The van der Waals surface area contributed by atoms with E-state index in [4.69, 9.17) is 14.2 Å². The molecule has 2 saturated carbocycles. The average Bonchev–Trinajstić information content (AvgIpc) is 3.23. The van der Waals surface area contributed by atoms with Crippen LogP contribution in [-0.4, -0.2) is 36.4 Å². The Morgan fingerprint density at radius 1 is 1.30 bits per heavy atom. The molecular formula is C25H36O5. The van der Waals surface area contributed by atoms with Gasteiger partial charge in [-0.15, -0.1) is 0 Å². The van der Waals surface area contributed by atoms with Crippen molar-refractivity contribution in [1.29, 1.82) is 0 Å². The third kappa shape index (κ3) is 3.07. The summed E-state index contributed by atoms with van der Waals surface area (Å²) in [5.74, 6) is 0.357. The van der Waals surface area contributed by atoms with Crippen LogP contribution in [0.2, 0.25) is 0 Å². The van der Waals surface area contributed by atoms with Crippen LogP contribution in [0.25, 0.3) is 0 Å². The predicted octanol–water partition coefficient (Wildman–Crippen LogP) is 4.75. The minimum Gasteiger partial charge on any atom is -0.458 e. The van der Waals surface area contributed by atoms with E-state index in [-0.39, 0.29) is 40.6 Å². The number of allylic oxidation sites excluding steroid dienone is 1. The molecule has 0 bridgehead atoms. The van der Waals surface area contributed by atoms with E-state index in [0.717, 1.165) is 37.7 Å². The Kier molecular flexibility index (Phi) is 5.20. The highest BCUT2D eigenvalue weighted by molar-refractivity contribution is 5.87. The van der Waals surface area contributed by atoms with Gasteiger partial charge in [-0.3, -0.25) is 0 Å². The van der Waals surface area contributed by atoms with Gasteiger partial charge < -0.3 is 14.2 Å². The molecule has 30 heavy (non-hydrogen) atoms. The lowest BCUT2D eigenvalue weighted by Crippen LogP contribution is -2.63. The zero-order valence-corrected chi connectivity index (χ0v) is 19.2. The van der Waals surface area contributed by atoms with Crippen molar-refractivity contribution < 1.29 is 23.8 Å². The Bertz CT molecular complexity index is 812. The highest BCUT2D eigenvalue weighted by Gasteiger charge is 2.75. The third-order valence-electron chi connectivity index (χ3n) is 9.32. The number of carbonyl (C=O) groups is 2. The molecule has 5 nitrogen and oxygen atoms in total. The maximum atomic E-state index is 12.7. The third-order valence-corrected chi connectivity index (χ3v) is 9.32. The summed E-state index contributed by atoms with van der Waals surface area (Å²) < 4.78 is 17.6. The first-order chi connectivity index (χ1) is 14.1. The smallest absolute Gasteiger partial charge is 0.333 e. The van der Waals surface area contributed by atoms with Crippen molar-refractivity contribution >= 4 is 11.9 Å². The fourth-order valence-corrected chi connectivity index (χ4v) is 6.69. The Hall–Kier alpha value is -1.62. The van der Waals surface area contributed by atoms with Gasteiger partial charge in [-0.2, -0.15) is 0 Å². The number of ether oxygens (including phenoxy) is 3. The fourth-order valence-electron chi connectivity index (χ4n) is 6.69. The standard InChI is InChI=1S/C25H36O5/c1-7-15(2)22(27)29-20-12-16(3)23(4,11-10-17-13-21(26)28-14-17)18-8-9-19-25(6,30-19)24(18,20)5/h7,13,16,18-20H,8-12,14H2,1-6H3. The van der Waals surface area contributed by atoms with Crippen LogP contribution in [0.15, 0.2) is 23.3 Å². The molecule has 2 heterocycles. The molecule has 0 aromatic carbocycles. The lowest BCUT2D eigenvalue weighted by Gasteiger charge is -2.61. The van der Waals surface area contributed by atoms with E-state index in [1.807, 2.05) is 19.9 Å². The molecule has 0 aromatic rings. The number of hydrogen-bond donors (Lipinski definition) is 0. The molecular weight excluding hydrogens is 380 g/mol. The van der Waals surface area contributed by atoms with Crippen molar-refractivity contribution in [1.82, 2.24) is 0 Å². The van der Waals surface area contributed by atoms with Crippen molar-refractivity contribution in [2.24, 2.45) is 22.7 Å². The molecule has 4 rings (SSSR count). The Morgan fingerprint density at radius 3 is 2.67 bits per heavy atom. The summed E-state index contributed by atoms with van der Waals surface area (Å²) in [6, 6.07) is 0. The normalized spacial score (nSPS) is 45.2. The molecule has 0 amide bonds. The average molecular weight is 417 g/mol. The van der Waals surface area contributed by atoms with E-state index in [9.17, 15) is 9.59 Å². The number of rotatable bonds is 5. The van der Waals surface area contributed by atoms with Gasteiger partial charge in [-0.1, -0.05) is 26.8 Å². The van der Waals surface area contributed by atoms with Crippen LogP contribution < -0.4 is 0 Å². The Morgan fingerprint density at radius 2 is 2.03 bits per heavy atom. The minimum atomic E-state index is -0.238. The SMILES string of the molecule is CC=C(C)C(=O)OC1CC(C)C(C)(CCC2=CC(=O)OC2)C2CCC3OC3(C)C12C. The van der Waals surface area contributed by atoms with Gasteiger partial charge in [0.2, 0.25) is 0 Å². The van der Waals surface area contributed by atoms with Gasteiger partial charge in [-0.25, -0.2) is 9.59 Å². The van der Waals surface area contributed by atoms with Crippen molar-refractivity contribution in [3.8, 4) is 0 Å². The number of cyclic esters (lactones) is 1. The largest absolute Gasteiger partial charge is 0.458 e. The van der Waals surface area contributed by atoms with Gasteiger partial charge in [0.05, 0.1) is 6.10 Å². The first kappa shape index (κ1) is 21.6. The van der Waals surface area contributed by atoms with Gasteiger partial charge in [0, 0.05) is 17.1 Å². The second kappa shape index (κ2) is 7.22. The molecule has 0 N–H and O–H groups in total. The molecule has 5 heteroatoms. The summed E-state index contributed by atoms with van der Waals surface area (Å²) >= 11 is 0. The van der Waals surface area contributed by atoms with E-state index in [1.54, 1.807) is 6.08 Å². The van der Waals surface area contributed by atoms with E-state index >= 15 is 0 Å². The molecule has 0 aromatic heterocycles. The maximum absolute atomic E-state index is 12.7. The molecule has 3 fully saturated rings. The molecule has 7 atom stereocenters. The van der Waals surface area contributed by atoms with E-state index in [1.165, 1.54) is 0 Å². The molecule has 0 radical (unpaired) electrons. The summed E-state index contributed by atoms with van der Waals surface area (Å²) in [7, 11) is 0. The van der Waals surface area contributed by atoms with Crippen molar-refractivity contribution in [3.63, 3.8) is 0 Å². The monoisotopic (exact) mass is 416 g/mol. The predicted molar refractivity (Wildman–Crippen MR) is 114 cm³/mol. The van der Waals surface area contributed by atoms with Crippen LogP contribution in [0, 0.1) is 22.7 Å². The second-order valence-electron chi connectivity index (χ2n) is 10.5. The Labute approximate surface area is 180 Å². The molecule has 2 aliphatic heterocycles. The number of carbonyl (C=O) groups excluding carboxylic acids is 2. The molecule has 2 aliphatic carbocycles. The van der Waals surface area contributed by atoms with Crippen LogP contribution in [0.3, 0.4) is 0 Å². The van der Waals surface area contributed by atoms with Gasteiger partial charge >= 0.3 is 11.9 Å². The van der Waals surface area contributed by atoms with Gasteiger partial charge in [0.1, 0.15) is 18.3 Å². The Balaban J connectivity index is 1.63. The lowest BCUT2D eigenvalue weighted by molar-refractivity contribution is -0.196. The van der Waals surface area contributed by atoms with Crippen molar-refractivity contribution in [2.75, 3.05) is 6.61 Å². The molecule has 1 saturated heterocycles. The van der Waals surface area contributed by atoms with Gasteiger partial charge in [-0.05, 0) is 75.7 Å². The molecule has 4 aliphatic rings. The quantitative estimate of drug-likeness (QED) is 0.368. The summed E-state index contributed by atoms with van der Waals surface area (Å²) in [5.41, 5.74) is 1.37. The van der Waals surface area contributed by atoms with Crippen LogP contribution in [0.1, 0.15) is 73.6 Å². The van der Waals surface area contributed by atoms with E-state index in [0.29, 0.717) is 24.0 Å². The van der Waals surface area contributed by atoms with E-state index < -0.39 is 0 Å². The van der Waals surface area contributed by atoms with Crippen LogP contribution in [-0.2, 0) is 23.8 Å². The topological polar surface area (TPSA) is 65.1 Å². The number of esters is 2. The summed E-state index contributed by atoms with van der Waals surface area (Å²) in [4.78, 5) is 24.2. The van der Waals surface area contributed by atoms with Gasteiger partial charge in [0.25, 0.3) is 0 Å². The molecule has 0 spiro atoms. The summed E-state index contributed by atoms with van der Waals surface area (Å²) in [6.45, 7) is 13.3. The zero-order valence-electron chi connectivity index (χ0n) is 19.2. The van der Waals surface area contributed by atoms with Crippen LogP contribution in [0.5, 0.6) is 0 Å². The first-order valence-corrected chi connectivity index (χ1v) is 11.4. The minimum absolute atomic E-state index is 0.0830. The van der Waals surface area contributed by atoms with E-state index in [2.05, 4.69) is 27.7 Å². The van der Waals surface area contributed by atoms with Crippen LogP contribution in [0.4, 0.5) is 0 Å². The second-order valence-corrected chi connectivity index (χ2v) is 10.5.